The predicted octanol–water partition coefficient (Wildman–Crippen LogP) is 2.79. The Morgan fingerprint density at radius 2 is 2.30 bits per heavy atom. The van der Waals surface area contributed by atoms with Crippen molar-refractivity contribution in [2.45, 2.75) is 38.8 Å². The molecule has 1 atom stereocenters. The van der Waals surface area contributed by atoms with E-state index in [-0.39, 0.29) is 0 Å². The summed E-state index contributed by atoms with van der Waals surface area (Å²) in [5.41, 5.74) is 0.925. The van der Waals surface area contributed by atoms with Crippen molar-refractivity contribution in [2.75, 3.05) is 26.8 Å². The maximum Gasteiger partial charge on any atom is 0.123 e. The van der Waals surface area contributed by atoms with Crippen LogP contribution >= 0.6 is 0 Å². The molecule has 1 aliphatic heterocycles. The largest absolute Gasteiger partial charge is 0.507 e. The average molecular weight is 279 g/mol. The fourth-order valence-corrected chi connectivity index (χ4v) is 2.48. The second-order valence-corrected chi connectivity index (χ2v) is 5.47. The van der Waals surface area contributed by atoms with Crippen molar-refractivity contribution < 1.29 is 14.6 Å². The molecular weight excluding hydrogens is 254 g/mol. The van der Waals surface area contributed by atoms with Crippen molar-refractivity contribution in [3.63, 3.8) is 0 Å². The Morgan fingerprint density at radius 3 is 2.95 bits per heavy atom. The molecular formula is C16H25NO3. The number of nitrogens with zero attached hydrogens (tertiary/aromatic N) is 1. The van der Waals surface area contributed by atoms with E-state index < -0.39 is 0 Å². The number of phenolic OH excluding ortho intramolecular Hbond substituents is 1. The average Bonchev–Trinajstić information content (AvgIpc) is 2.92. The smallest absolute Gasteiger partial charge is 0.123 e. The van der Waals surface area contributed by atoms with Crippen LogP contribution in [0.4, 0.5) is 0 Å². The first kappa shape index (κ1) is 15.1. The van der Waals surface area contributed by atoms with Crippen molar-refractivity contribution in [1.82, 2.24) is 4.90 Å². The monoisotopic (exact) mass is 279 g/mol. The molecule has 1 unspecified atom stereocenters. The highest BCUT2D eigenvalue weighted by Gasteiger charge is 2.18. The number of hydrogen-bond donors (Lipinski definition) is 1. The zero-order valence-corrected chi connectivity index (χ0v) is 12.5. The highest BCUT2D eigenvalue weighted by atomic mass is 16.5. The predicted molar refractivity (Wildman–Crippen MR) is 79.2 cm³/mol. The molecule has 2 rings (SSSR count). The first-order valence-electron chi connectivity index (χ1n) is 7.44. The zero-order chi connectivity index (χ0) is 14.4. The molecule has 4 nitrogen and oxygen atoms in total. The summed E-state index contributed by atoms with van der Waals surface area (Å²) in [4.78, 5) is 2.19. The summed E-state index contributed by atoms with van der Waals surface area (Å²) >= 11 is 0. The lowest BCUT2D eigenvalue weighted by Gasteiger charge is -2.21. The number of hydrogen-bond acceptors (Lipinski definition) is 4. The minimum Gasteiger partial charge on any atom is -0.507 e. The minimum atomic E-state index is 0.304. The summed E-state index contributed by atoms with van der Waals surface area (Å²) in [6, 6.07) is 5.56. The topological polar surface area (TPSA) is 41.9 Å². The molecule has 0 radical (unpaired) electrons. The molecule has 1 aromatic rings. The molecule has 0 aliphatic carbocycles. The number of benzene rings is 1. The van der Waals surface area contributed by atoms with Crippen LogP contribution in [0.25, 0.3) is 0 Å². The van der Waals surface area contributed by atoms with Gasteiger partial charge in [0, 0.05) is 31.3 Å². The molecule has 1 aliphatic rings. The molecule has 0 aromatic heterocycles. The molecule has 0 saturated carbocycles. The normalized spacial score (nSPS) is 18.6. The van der Waals surface area contributed by atoms with Crippen molar-refractivity contribution in [3.05, 3.63) is 23.8 Å². The van der Waals surface area contributed by atoms with E-state index in [1.165, 1.54) is 0 Å². The summed E-state index contributed by atoms with van der Waals surface area (Å²) in [5, 5.41) is 10.1. The molecule has 1 aromatic carbocycles. The number of ether oxygens (including phenoxy) is 2. The molecule has 0 spiro atoms. The van der Waals surface area contributed by atoms with Gasteiger partial charge in [0.1, 0.15) is 11.5 Å². The van der Waals surface area contributed by atoms with Gasteiger partial charge in [0.2, 0.25) is 0 Å². The van der Waals surface area contributed by atoms with E-state index in [0.717, 1.165) is 50.3 Å². The zero-order valence-electron chi connectivity index (χ0n) is 12.5. The summed E-state index contributed by atoms with van der Waals surface area (Å²) in [7, 11) is 2.06. The van der Waals surface area contributed by atoms with Gasteiger partial charge in [-0.25, -0.2) is 0 Å². The van der Waals surface area contributed by atoms with Crippen LogP contribution < -0.4 is 4.74 Å². The highest BCUT2D eigenvalue weighted by molar-refractivity contribution is 5.39. The van der Waals surface area contributed by atoms with Gasteiger partial charge < -0.3 is 14.6 Å². The van der Waals surface area contributed by atoms with Crippen molar-refractivity contribution >= 4 is 0 Å². The number of aromatic hydroxyl groups is 1. The fourth-order valence-electron chi connectivity index (χ4n) is 2.48. The molecule has 20 heavy (non-hydrogen) atoms. The summed E-state index contributed by atoms with van der Waals surface area (Å²) in [5.74, 6) is 1.03. The molecule has 1 heterocycles. The van der Waals surface area contributed by atoms with E-state index in [1.54, 1.807) is 6.07 Å². The Kier molecular flexibility index (Phi) is 5.68. The van der Waals surface area contributed by atoms with Gasteiger partial charge in [-0.2, -0.15) is 0 Å². The fraction of sp³-hybridized carbons (Fsp3) is 0.625. The Hall–Kier alpha value is -1.26. The number of phenols is 1. The van der Waals surface area contributed by atoms with E-state index in [1.807, 2.05) is 12.1 Å². The molecule has 0 amide bonds. The lowest BCUT2D eigenvalue weighted by Crippen LogP contribution is -2.28. The van der Waals surface area contributed by atoms with Crippen LogP contribution in [0.3, 0.4) is 0 Å². The third-order valence-corrected chi connectivity index (χ3v) is 3.51. The van der Waals surface area contributed by atoms with E-state index in [9.17, 15) is 5.11 Å². The Bertz CT molecular complexity index is 416. The number of rotatable bonds is 7. The lowest BCUT2D eigenvalue weighted by atomic mass is 10.1. The quantitative estimate of drug-likeness (QED) is 0.833. The van der Waals surface area contributed by atoms with Crippen molar-refractivity contribution in [1.29, 1.82) is 0 Å². The summed E-state index contributed by atoms with van der Waals surface area (Å²) in [6.07, 6.45) is 3.61. The van der Waals surface area contributed by atoms with Crippen LogP contribution in [0.2, 0.25) is 0 Å². The summed E-state index contributed by atoms with van der Waals surface area (Å²) < 4.78 is 11.1. The van der Waals surface area contributed by atoms with Crippen LogP contribution in [-0.2, 0) is 11.3 Å². The van der Waals surface area contributed by atoms with E-state index in [4.69, 9.17) is 9.47 Å². The van der Waals surface area contributed by atoms with E-state index in [0.29, 0.717) is 18.5 Å². The third-order valence-electron chi connectivity index (χ3n) is 3.51. The molecule has 1 saturated heterocycles. The third kappa shape index (κ3) is 4.39. The van der Waals surface area contributed by atoms with Crippen molar-refractivity contribution in [2.24, 2.45) is 0 Å². The van der Waals surface area contributed by atoms with Gasteiger partial charge in [0.05, 0.1) is 12.7 Å². The Labute approximate surface area is 121 Å². The second kappa shape index (κ2) is 7.50. The lowest BCUT2D eigenvalue weighted by molar-refractivity contribution is 0.0791. The van der Waals surface area contributed by atoms with Crippen LogP contribution in [0.1, 0.15) is 31.7 Å². The first-order valence-corrected chi connectivity index (χ1v) is 7.44. The molecule has 1 N–H and O–H groups in total. The molecule has 112 valence electrons. The van der Waals surface area contributed by atoms with E-state index in [2.05, 4.69) is 18.9 Å². The Morgan fingerprint density at radius 1 is 1.45 bits per heavy atom. The van der Waals surface area contributed by atoms with Gasteiger partial charge in [0.15, 0.2) is 0 Å². The van der Waals surface area contributed by atoms with Gasteiger partial charge in [-0.15, -0.1) is 0 Å². The van der Waals surface area contributed by atoms with Gasteiger partial charge in [0.25, 0.3) is 0 Å². The SMILES string of the molecule is CCCOc1ccc(CN(C)CC2CCCO2)c(O)c1. The standard InChI is InChI=1S/C16H25NO3/c1-3-8-19-14-7-6-13(16(18)10-14)11-17(2)12-15-5-4-9-20-15/h6-7,10,15,18H,3-5,8-9,11-12H2,1-2H3. The van der Waals surface area contributed by atoms with E-state index >= 15 is 0 Å². The molecule has 1 fully saturated rings. The van der Waals surface area contributed by atoms with Crippen molar-refractivity contribution in [3.8, 4) is 11.5 Å². The first-order chi connectivity index (χ1) is 9.69. The van der Waals surface area contributed by atoms with Crippen LogP contribution in [0, 0.1) is 0 Å². The second-order valence-electron chi connectivity index (χ2n) is 5.47. The van der Waals surface area contributed by atoms with Crippen LogP contribution in [0.15, 0.2) is 18.2 Å². The Balaban J connectivity index is 1.87. The molecule has 0 bridgehead atoms. The van der Waals surface area contributed by atoms with Gasteiger partial charge in [-0.05, 0) is 32.4 Å². The minimum absolute atomic E-state index is 0.304. The van der Waals surface area contributed by atoms with Gasteiger partial charge >= 0.3 is 0 Å². The van der Waals surface area contributed by atoms with Crippen LogP contribution in [-0.4, -0.2) is 42.9 Å². The molecule has 4 heteroatoms. The number of likely N-dealkylation sites (N-methyl/N-ethyl adjacent to an activating group) is 1. The van der Waals surface area contributed by atoms with Gasteiger partial charge in [-0.1, -0.05) is 13.0 Å². The highest BCUT2D eigenvalue weighted by Crippen LogP contribution is 2.25. The maximum absolute atomic E-state index is 10.1. The maximum atomic E-state index is 10.1. The van der Waals surface area contributed by atoms with Crippen LogP contribution in [0.5, 0.6) is 11.5 Å². The summed E-state index contributed by atoms with van der Waals surface area (Å²) in [6.45, 7) is 5.26. The van der Waals surface area contributed by atoms with Gasteiger partial charge in [-0.3, -0.25) is 4.90 Å².